The van der Waals surface area contributed by atoms with Gasteiger partial charge in [-0.15, -0.1) is 0 Å². The molecule has 4 heteroatoms. The predicted octanol–water partition coefficient (Wildman–Crippen LogP) is 2.99. The van der Waals surface area contributed by atoms with Crippen LogP contribution in [0, 0.1) is 0 Å². The van der Waals surface area contributed by atoms with Crippen LogP contribution in [-0.2, 0) is 16.1 Å². The molecule has 1 aromatic carbocycles. The Morgan fingerprint density at radius 2 is 2.05 bits per heavy atom. The van der Waals surface area contributed by atoms with E-state index in [0.29, 0.717) is 26.2 Å². The normalized spacial score (nSPS) is 10.6. The molecule has 0 aliphatic carbocycles. The number of rotatable bonds is 6. The van der Waals surface area contributed by atoms with Crippen LogP contribution in [0.5, 0.6) is 5.75 Å². The van der Waals surface area contributed by atoms with E-state index < -0.39 is 0 Å². The highest BCUT2D eigenvalue weighted by molar-refractivity contribution is 5.86. The van der Waals surface area contributed by atoms with Crippen molar-refractivity contribution in [3.8, 4) is 5.75 Å². The lowest BCUT2D eigenvalue weighted by molar-refractivity contribution is -0.143. The van der Waals surface area contributed by atoms with Gasteiger partial charge in [-0.25, -0.2) is 0 Å². The van der Waals surface area contributed by atoms with E-state index in [-0.39, 0.29) is 5.97 Å². The van der Waals surface area contributed by atoms with Crippen molar-refractivity contribution >= 4 is 16.9 Å². The minimum Gasteiger partial charge on any atom is -0.493 e. The Labute approximate surface area is 112 Å². The summed E-state index contributed by atoms with van der Waals surface area (Å²) in [5, 5.41) is 1.08. The first kappa shape index (κ1) is 13.5. The second kappa shape index (κ2) is 6.27. The molecular weight excluding hydrogens is 242 g/mol. The lowest BCUT2D eigenvalue weighted by atomic mass is 10.2. The molecule has 4 nitrogen and oxygen atoms in total. The Kier molecular flexibility index (Phi) is 4.44. The second-order valence-electron chi connectivity index (χ2n) is 4.19. The second-order valence-corrected chi connectivity index (χ2v) is 4.19. The molecule has 0 fully saturated rings. The van der Waals surface area contributed by atoms with Crippen molar-refractivity contribution in [2.45, 2.75) is 26.8 Å². The zero-order valence-electron chi connectivity index (χ0n) is 11.4. The fourth-order valence-electron chi connectivity index (χ4n) is 2.12. The van der Waals surface area contributed by atoms with Gasteiger partial charge in [-0.1, -0.05) is 6.07 Å². The van der Waals surface area contributed by atoms with Gasteiger partial charge in [0.2, 0.25) is 0 Å². The van der Waals surface area contributed by atoms with Crippen LogP contribution < -0.4 is 4.74 Å². The Bertz CT molecular complexity index is 560. The number of nitrogens with zero attached hydrogens (tertiary/aromatic N) is 1. The number of esters is 1. The van der Waals surface area contributed by atoms with E-state index in [1.54, 1.807) is 0 Å². The number of hydrogen-bond donors (Lipinski definition) is 0. The molecule has 0 spiro atoms. The molecule has 0 amide bonds. The number of aryl methyl sites for hydroxylation is 1. The first-order valence-corrected chi connectivity index (χ1v) is 6.62. The van der Waals surface area contributed by atoms with Gasteiger partial charge >= 0.3 is 5.97 Å². The fourth-order valence-corrected chi connectivity index (χ4v) is 2.12. The molecule has 0 saturated carbocycles. The third-order valence-corrected chi connectivity index (χ3v) is 2.94. The van der Waals surface area contributed by atoms with E-state index in [1.807, 2.05) is 44.3 Å². The summed E-state index contributed by atoms with van der Waals surface area (Å²) in [4.78, 5) is 11.4. The van der Waals surface area contributed by atoms with Crippen LogP contribution in [0.15, 0.2) is 30.5 Å². The molecule has 19 heavy (non-hydrogen) atoms. The van der Waals surface area contributed by atoms with Crippen molar-refractivity contribution in [1.82, 2.24) is 4.57 Å². The third kappa shape index (κ3) is 3.08. The zero-order valence-corrected chi connectivity index (χ0v) is 11.4. The summed E-state index contributed by atoms with van der Waals surface area (Å²) in [6.07, 6.45) is 2.36. The van der Waals surface area contributed by atoms with Gasteiger partial charge < -0.3 is 14.0 Å². The Hall–Kier alpha value is -1.97. The number of fused-ring (bicyclic) bond motifs is 1. The minimum absolute atomic E-state index is 0.162. The maximum atomic E-state index is 11.4. The molecule has 0 aliphatic rings. The Morgan fingerprint density at radius 1 is 1.21 bits per heavy atom. The quantitative estimate of drug-likeness (QED) is 0.750. The van der Waals surface area contributed by atoms with Gasteiger partial charge in [0.05, 0.1) is 25.2 Å². The summed E-state index contributed by atoms with van der Waals surface area (Å²) in [5.41, 5.74) is 1.08. The van der Waals surface area contributed by atoms with Gasteiger partial charge in [0.15, 0.2) is 0 Å². The molecule has 102 valence electrons. The summed E-state index contributed by atoms with van der Waals surface area (Å²) >= 11 is 0. The van der Waals surface area contributed by atoms with E-state index in [4.69, 9.17) is 9.47 Å². The van der Waals surface area contributed by atoms with Crippen LogP contribution in [0.1, 0.15) is 20.3 Å². The topological polar surface area (TPSA) is 40.5 Å². The maximum absolute atomic E-state index is 11.4. The largest absolute Gasteiger partial charge is 0.493 e. The summed E-state index contributed by atoms with van der Waals surface area (Å²) in [5.74, 6) is 0.722. The molecule has 0 radical (unpaired) electrons. The Morgan fingerprint density at radius 3 is 2.79 bits per heavy atom. The number of hydrogen-bond acceptors (Lipinski definition) is 3. The van der Waals surface area contributed by atoms with E-state index >= 15 is 0 Å². The standard InChI is InChI=1S/C15H19NO3/c1-3-18-14-7-5-6-13-12(14)8-10-16(13)11-9-15(17)19-4-2/h5-8,10H,3-4,9,11H2,1-2H3. The smallest absolute Gasteiger partial charge is 0.307 e. The van der Waals surface area contributed by atoms with E-state index in [9.17, 15) is 4.79 Å². The summed E-state index contributed by atoms with van der Waals surface area (Å²) < 4.78 is 12.6. The van der Waals surface area contributed by atoms with Gasteiger partial charge in [-0.2, -0.15) is 0 Å². The highest BCUT2D eigenvalue weighted by Crippen LogP contribution is 2.26. The number of benzene rings is 1. The van der Waals surface area contributed by atoms with Crippen LogP contribution in [0.3, 0.4) is 0 Å². The fraction of sp³-hybridized carbons (Fsp3) is 0.400. The minimum atomic E-state index is -0.162. The van der Waals surface area contributed by atoms with Gasteiger partial charge in [-0.05, 0) is 32.0 Å². The highest BCUT2D eigenvalue weighted by atomic mass is 16.5. The van der Waals surface area contributed by atoms with Gasteiger partial charge in [0.1, 0.15) is 5.75 Å². The van der Waals surface area contributed by atoms with E-state index in [2.05, 4.69) is 4.57 Å². The van der Waals surface area contributed by atoms with Crippen LogP contribution in [0.4, 0.5) is 0 Å². The van der Waals surface area contributed by atoms with E-state index in [1.165, 1.54) is 0 Å². The Balaban J connectivity index is 2.16. The molecule has 0 unspecified atom stereocenters. The SMILES string of the molecule is CCOC(=O)CCn1ccc2c(OCC)cccc21. The van der Waals surface area contributed by atoms with Crippen molar-refractivity contribution in [2.75, 3.05) is 13.2 Å². The highest BCUT2D eigenvalue weighted by Gasteiger charge is 2.08. The average Bonchev–Trinajstić information content (AvgIpc) is 2.81. The maximum Gasteiger partial charge on any atom is 0.307 e. The van der Waals surface area contributed by atoms with Crippen molar-refractivity contribution in [3.05, 3.63) is 30.5 Å². The van der Waals surface area contributed by atoms with E-state index in [0.717, 1.165) is 16.7 Å². The van der Waals surface area contributed by atoms with Crippen LogP contribution in [0.2, 0.25) is 0 Å². The summed E-state index contributed by atoms with van der Waals surface area (Å²) in [6.45, 7) is 5.48. The van der Waals surface area contributed by atoms with Crippen molar-refractivity contribution in [2.24, 2.45) is 0 Å². The third-order valence-electron chi connectivity index (χ3n) is 2.94. The average molecular weight is 261 g/mol. The lowest BCUT2D eigenvalue weighted by Crippen LogP contribution is -2.08. The number of aromatic nitrogens is 1. The number of carbonyl (C=O) groups is 1. The molecular formula is C15H19NO3. The molecule has 1 heterocycles. The molecule has 1 aromatic heterocycles. The first-order chi connectivity index (χ1) is 9.26. The van der Waals surface area contributed by atoms with Crippen molar-refractivity contribution < 1.29 is 14.3 Å². The van der Waals surface area contributed by atoms with Crippen LogP contribution in [-0.4, -0.2) is 23.8 Å². The molecule has 0 N–H and O–H groups in total. The van der Waals surface area contributed by atoms with Gasteiger partial charge in [0.25, 0.3) is 0 Å². The van der Waals surface area contributed by atoms with Gasteiger partial charge in [0, 0.05) is 18.1 Å². The molecule has 2 rings (SSSR count). The number of ether oxygens (including phenoxy) is 2. The van der Waals surface area contributed by atoms with Gasteiger partial charge in [-0.3, -0.25) is 4.79 Å². The predicted molar refractivity (Wildman–Crippen MR) is 74.4 cm³/mol. The van der Waals surface area contributed by atoms with Crippen molar-refractivity contribution in [3.63, 3.8) is 0 Å². The molecule has 2 aromatic rings. The molecule has 0 bridgehead atoms. The molecule has 0 saturated heterocycles. The number of carbonyl (C=O) groups excluding carboxylic acids is 1. The van der Waals surface area contributed by atoms with Crippen molar-refractivity contribution in [1.29, 1.82) is 0 Å². The van der Waals surface area contributed by atoms with Crippen LogP contribution in [0.25, 0.3) is 10.9 Å². The lowest BCUT2D eigenvalue weighted by Gasteiger charge is -2.07. The summed E-state index contributed by atoms with van der Waals surface area (Å²) in [6, 6.07) is 7.98. The molecule has 0 atom stereocenters. The monoisotopic (exact) mass is 261 g/mol. The molecule has 0 aliphatic heterocycles. The van der Waals surface area contributed by atoms with Crippen LogP contribution >= 0.6 is 0 Å². The summed E-state index contributed by atoms with van der Waals surface area (Å²) in [7, 11) is 0. The zero-order chi connectivity index (χ0) is 13.7. The first-order valence-electron chi connectivity index (χ1n) is 6.62.